The Hall–Kier alpha value is -2.70. The lowest BCUT2D eigenvalue weighted by Crippen LogP contribution is -2.26. The zero-order chi connectivity index (χ0) is 26.8. The van der Waals surface area contributed by atoms with Crippen LogP contribution in [0.2, 0.25) is 0 Å². The lowest BCUT2D eigenvalue weighted by molar-refractivity contribution is 0.0298. The van der Waals surface area contributed by atoms with E-state index in [1.807, 2.05) is 38.1 Å². The summed E-state index contributed by atoms with van der Waals surface area (Å²) in [6.45, 7) is 9.74. The zero-order valence-electron chi connectivity index (χ0n) is 21.9. The van der Waals surface area contributed by atoms with Crippen LogP contribution in [0.15, 0.2) is 48.5 Å². The van der Waals surface area contributed by atoms with Gasteiger partial charge in [0.2, 0.25) is 0 Å². The Balaban J connectivity index is 0.000000506. The van der Waals surface area contributed by atoms with Gasteiger partial charge in [0.05, 0.1) is 23.3 Å². The van der Waals surface area contributed by atoms with Crippen molar-refractivity contribution in [3.05, 3.63) is 70.8 Å². The van der Waals surface area contributed by atoms with Crippen molar-refractivity contribution >= 4 is 11.9 Å². The van der Waals surface area contributed by atoms with E-state index in [4.69, 9.17) is 20.4 Å². The molecule has 2 rings (SSSR count). The van der Waals surface area contributed by atoms with Crippen molar-refractivity contribution in [1.29, 1.82) is 0 Å². The van der Waals surface area contributed by atoms with Crippen molar-refractivity contribution < 1.29 is 30.0 Å². The van der Waals surface area contributed by atoms with Crippen molar-refractivity contribution in [2.75, 3.05) is 0 Å². The molecule has 0 amide bonds. The normalized spacial score (nSPS) is 12.8. The number of aromatic carboxylic acids is 2. The number of carboxylic acids is 2. The fraction of sp³-hybridized carbons (Fsp3) is 0.517. The molecule has 35 heavy (non-hydrogen) atoms. The molecule has 0 fully saturated rings. The van der Waals surface area contributed by atoms with Crippen LogP contribution < -0.4 is 0 Å². The van der Waals surface area contributed by atoms with Crippen molar-refractivity contribution in [3.8, 4) is 0 Å². The molecule has 0 saturated heterocycles. The van der Waals surface area contributed by atoms with Gasteiger partial charge in [0.1, 0.15) is 0 Å². The van der Waals surface area contributed by atoms with Gasteiger partial charge < -0.3 is 20.4 Å². The van der Waals surface area contributed by atoms with E-state index in [9.17, 15) is 9.59 Å². The average molecular weight is 489 g/mol. The summed E-state index contributed by atoms with van der Waals surface area (Å²) in [4.78, 5) is 21.1. The first-order chi connectivity index (χ1) is 16.6. The highest BCUT2D eigenvalue weighted by atomic mass is 16.4. The summed E-state index contributed by atoms with van der Waals surface area (Å²) < 4.78 is 0. The number of aliphatic hydroxyl groups excluding tert-OH is 2. The van der Waals surface area contributed by atoms with Crippen LogP contribution in [-0.4, -0.2) is 44.6 Å². The van der Waals surface area contributed by atoms with E-state index >= 15 is 0 Å². The van der Waals surface area contributed by atoms with E-state index < -0.39 is 18.0 Å². The van der Waals surface area contributed by atoms with E-state index in [-0.39, 0.29) is 12.0 Å². The molecule has 3 atom stereocenters. The molecule has 0 bridgehead atoms. The Morgan fingerprint density at radius 3 is 1.23 bits per heavy atom. The maximum atomic E-state index is 10.5. The number of aliphatic hydroxyl groups is 2. The smallest absolute Gasteiger partial charge is 0.335 e. The Kier molecular flexibility index (Phi) is 17.2. The molecule has 196 valence electrons. The molecule has 0 spiro atoms. The van der Waals surface area contributed by atoms with Crippen LogP contribution in [-0.2, 0) is 12.8 Å². The van der Waals surface area contributed by atoms with Gasteiger partial charge in [-0.1, -0.05) is 64.8 Å². The van der Waals surface area contributed by atoms with E-state index in [0.717, 1.165) is 25.7 Å². The molecule has 0 aromatic heterocycles. The Morgan fingerprint density at radius 1 is 0.686 bits per heavy atom. The molecule has 0 aliphatic carbocycles. The number of rotatable bonds is 11. The van der Waals surface area contributed by atoms with Crippen molar-refractivity contribution in [3.63, 3.8) is 0 Å². The molecule has 3 unspecified atom stereocenters. The van der Waals surface area contributed by atoms with Crippen LogP contribution in [0.5, 0.6) is 0 Å². The second-order valence-electron chi connectivity index (χ2n) is 8.79. The summed E-state index contributed by atoms with van der Waals surface area (Å²) in [5, 5.41) is 35.4. The largest absolute Gasteiger partial charge is 0.478 e. The maximum Gasteiger partial charge on any atom is 0.335 e. The van der Waals surface area contributed by atoms with Gasteiger partial charge in [0.15, 0.2) is 0 Å². The first-order valence-electron chi connectivity index (χ1n) is 12.6. The predicted octanol–water partition coefficient (Wildman–Crippen LogP) is 6.23. The van der Waals surface area contributed by atoms with Gasteiger partial charge in [-0.3, -0.25) is 0 Å². The van der Waals surface area contributed by atoms with Crippen LogP contribution in [0.25, 0.3) is 0 Å². The third kappa shape index (κ3) is 14.3. The number of hydrogen-bond donors (Lipinski definition) is 4. The number of hydrogen-bond acceptors (Lipinski definition) is 4. The topological polar surface area (TPSA) is 115 Å². The van der Waals surface area contributed by atoms with Crippen molar-refractivity contribution in [2.45, 2.75) is 91.8 Å². The molecule has 4 N–H and O–H groups in total. The lowest BCUT2D eigenvalue weighted by Gasteiger charge is -2.19. The van der Waals surface area contributed by atoms with Gasteiger partial charge in [-0.2, -0.15) is 0 Å². The van der Waals surface area contributed by atoms with Gasteiger partial charge in [-0.15, -0.1) is 0 Å². The Bertz CT molecular complexity index is 766. The molecule has 2 aromatic carbocycles. The van der Waals surface area contributed by atoms with Crippen LogP contribution in [0.4, 0.5) is 0 Å². The molecule has 0 saturated carbocycles. The minimum Gasteiger partial charge on any atom is -0.478 e. The van der Waals surface area contributed by atoms with Gasteiger partial charge in [0.25, 0.3) is 0 Å². The summed E-state index contributed by atoms with van der Waals surface area (Å²) >= 11 is 0. The van der Waals surface area contributed by atoms with Crippen LogP contribution in [0.3, 0.4) is 0 Å². The molecular formula is C29H44O6. The maximum absolute atomic E-state index is 10.5. The zero-order valence-corrected chi connectivity index (χ0v) is 21.9. The van der Waals surface area contributed by atoms with E-state index in [2.05, 4.69) is 13.8 Å². The number of unbranched alkanes of at least 4 members (excludes halogenated alkanes) is 2. The van der Waals surface area contributed by atoms with Gasteiger partial charge >= 0.3 is 11.9 Å². The SMILES string of the molecule is CCC(O)C(C)C(C)O.CCCCc1ccc(C(=O)O)cc1.CCCCc1ccc(C(=O)O)cc1. The first-order valence-corrected chi connectivity index (χ1v) is 12.6. The second-order valence-corrected chi connectivity index (χ2v) is 8.79. The lowest BCUT2D eigenvalue weighted by atomic mass is 9.98. The highest BCUT2D eigenvalue weighted by Gasteiger charge is 2.16. The quantitative estimate of drug-likeness (QED) is 0.298. The fourth-order valence-electron chi connectivity index (χ4n) is 3.08. The highest BCUT2D eigenvalue weighted by Crippen LogP contribution is 2.10. The monoisotopic (exact) mass is 488 g/mol. The summed E-state index contributed by atoms with van der Waals surface area (Å²) in [6, 6.07) is 14.2. The molecule has 6 heteroatoms. The summed E-state index contributed by atoms with van der Waals surface area (Å²) in [5.41, 5.74) is 3.15. The molecular weight excluding hydrogens is 444 g/mol. The van der Waals surface area contributed by atoms with Crippen LogP contribution >= 0.6 is 0 Å². The first kappa shape index (κ1) is 32.3. The number of benzene rings is 2. The minimum absolute atomic E-state index is 0.00463. The molecule has 0 aliphatic rings. The summed E-state index contributed by atoms with van der Waals surface area (Å²) in [5.74, 6) is -1.72. The fourth-order valence-corrected chi connectivity index (χ4v) is 3.08. The van der Waals surface area contributed by atoms with E-state index in [0.29, 0.717) is 17.5 Å². The van der Waals surface area contributed by atoms with Crippen molar-refractivity contribution in [1.82, 2.24) is 0 Å². The molecule has 0 radical (unpaired) electrons. The third-order valence-corrected chi connectivity index (χ3v) is 5.83. The molecule has 6 nitrogen and oxygen atoms in total. The highest BCUT2D eigenvalue weighted by molar-refractivity contribution is 5.87. The summed E-state index contributed by atoms with van der Waals surface area (Å²) in [6.07, 6.45) is 6.68. The molecule has 0 aliphatic heterocycles. The average Bonchev–Trinajstić information content (AvgIpc) is 2.86. The predicted molar refractivity (Wildman–Crippen MR) is 141 cm³/mol. The van der Waals surface area contributed by atoms with E-state index in [1.54, 1.807) is 31.2 Å². The van der Waals surface area contributed by atoms with Crippen LogP contribution in [0.1, 0.15) is 98.6 Å². The molecule has 2 aromatic rings. The van der Waals surface area contributed by atoms with Gasteiger partial charge in [-0.25, -0.2) is 9.59 Å². The van der Waals surface area contributed by atoms with Crippen molar-refractivity contribution in [2.24, 2.45) is 5.92 Å². The molecule has 0 heterocycles. The number of carboxylic acid groups (broad SMARTS) is 2. The van der Waals surface area contributed by atoms with Crippen LogP contribution in [0, 0.1) is 5.92 Å². The van der Waals surface area contributed by atoms with Gasteiger partial charge in [-0.05, 0) is 74.4 Å². The number of aryl methyl sites for hydroxylation is 2. The second kappa shape index (κ2) is 18.6. The Morgan fingerprint density at radius 2 is 1.03 bits per heavy atom. The third-order valence-electron chi connectivity index (χ3n) is 5.83. The standard InChI is InChI=1S/2C11H14O2.C7H16O2/c2*1-2-3-4-9-5-7-10(8-6-9)11(12)13;1-4-7(9)5(2)6(3)8/h2*5-8H,2-4H2,1H3,(H,12,13);5-9H,4H2,1-3H3. The Labute approximate surface area is 210 Å². The number of carbonyl (C=O) groups is 2. The minimum atomic E-state index is -0.859. The van der Waals surface area contributed by atoms with Gasteiger partial charge in [0, 0.05) is 5.92 Å². The summed E-state index contributed by atoms with van der Waals surface area (Å²) in [7, 11) is 0. The van der Waals surface area contributed by atoms with E-state index in [1.165, 1.54) is 24.0 Å².